The Hall–Kier alpha value is -1.18. The number of para-hydroxylation sites is 2. The van der Waals surface area contributed by atoms with Crippen LogP contribution in [-0.2, 0) is 0 Å². The van der Waals surface area contributed by atoms with Gasteiger partial charge in [-0.2, -0.15) is 0 Å². The summed E-state index contributed by atoms with van der Waals surface area (Å²) in [5.74, 6) is 0.581. The van der Waals surface area contributed by atoms with E-state index in [4.69, 9.17) is 0 Å². The molecular formula is C12H18N2. The molecule has 2 heteroatoms. The Labute approximate surface area is 85.4 Å². The largest absolute Gasteiger partial charge is 0.283 e. The fourth-order valence-electron chi connectivity index (χ4n) is 1.30. The number of fused-ring (bicyclic) bond motifs is 1. The Balaban J connectivity index is 0.000000461. The zero-order valence-corrected chi connectivity index (χ0v) is 9.20. The van der Waals surface area contributed by atoms with Crippen LogP contribution in [-0.4, -0.2) is 13.1 Å². The van der Waals surface area contributed by atoms with E-state index in [-0.39, 0.29) is 0 Å². The van der Waals surface area contributed by atoms with Gasteiger partial charge in [0.15, 0.2) is 0 Å². The van der Waals surface area contributed by atoms with Gasteiger partial charge in [0.1, 0.15) is 0 Å². The molecule has 1 aliphatic heterocycles. The first kappa shape index (κ1) is 10.9. The van der Waals surface area contributed by atoms with E-state index < -0.39 is 0 Å². The van der Waals surface area contributed by atoms with Crippen molar-refractivity contribution in [1.29, 1.82) is 0 Å². The van der Waals surface area contributed by atoms with Crippen LogP contribution < -0.4 is 10.7 Å². The second kappa shape index (κ2) is 5.53. The molecule has 14 heavy (non-hydrogen) atoms. The van der Waals surface area contributed by atoms with E-state index in [9.17, 15) is 0 Å². The minimum atomic E-state index is 0.581. The predicted octanol–water partition coefficient (Wildman–Crippen LogP) is 1.60. The molecule has 0 radical (unpaired) electrons. The van der Waals surface area contributed by atoms with Crippen molar-refractivity contribution in [3.8, 4) is 0 Å². The molecule has 0 fully saturated rings. The van der Waals surface area contributed by atoms with Crippen molar-refractivity contribution in [1.82, 2.24) is 0 Å². The van der Waals surface area contributed by atoms with Crippen molar-refractivity contribution in [2.75, 3.05) is 13.1 Å². The molecule has 1 aromatic rings. The predicted molar refractivity (Wildman–Crippen MR) is 59.0 cm³/mol. The normalized spacial score (nSPS) is 15.1. The Morgan fingerprint density at radius 3 is 1.86 bits per heavy atom. The molecule has 0 N–H and O–H groups in total. The van der Waals surface area contributed by atoms with Gasteiger partial charge >= 0.3 is 0 Å². The summed E-state index contributed by atoms with van der Waals surface area (Å²) in [6.45, 7) is 7.99. The van der Waals surface area contributed by atoms with Crippen LogP contribution in [0.1, 0.15) is 20.8 Å². The zero-order chi connectivity index (χ0) is 10.4. The first-order chi connectivity index (χ1) is 6.86. The minimum absolute atomic E-state index is 0.581. The molecule has 0 aliphatic carbocycles. The average Bonchev–Trinajstić information content (AvgIpc) is 2.45. The fraction of sp³-hybridized carbons (Fsp3) is 0.500. The molecule has 1 heterocycles. The van der Waals surface area contributed by atoms with E-state index in [0.29, 0.717) is 5.92 Å². The van der Waals surface area contributed by atoms with Crippen LogP contribution in [0, 0.1) is 5.92 Å². The Kier molecular flexibility index (Phi) is 4.30. The van der Waals surface area contributed by atoms with Gasteiger partial charge in [0, 0.05) is 13.1 Å². The molecule has 0 amide bonds. The number of nitrogens with zero attached hydrogens (tertiary/aromatic N) is 2. The second-order valence-corrected chi connectivity index (χ2v) is 3.28. The highest BCUT2D eigenvalue weighted by molar-refractivity contribution is 5.01. The van der Waals surface area contributed by atoms with Crippen LogP contribution in [0.3, 0.4) is 0 Å². The van der Waals surface area contributed by atoms with E-state index in [0.717, 1.165) is 23.8 Å². The van der Waals surface area contributed by atoms with Crippen LogP contribution in [0.5, 0.6) is 0 Å². The monoisotopic (exact) mass is 190 g/mol. The third kappa shape index (κ3) is 2.66. The maximum absolute atomic E-state index is 4.47. The van der Waals surface area contributed by atoms with Crippen LogP contribution >= 0.6 is 0 Å². The standard InChI is InChI=1S/C10H12N2.C2H6/c1-8-6-11-9-4-2-3-5-10(9)12-7-8;1-2/h2-5,8H,6-7H2,1H3;1-2H3. The second-order valence-electron chi connectivity index (χ2n) is 3.28. The van der Waals surface area contributed by atoms with Gasteiger partial charge in [-0.25, -0.2) is 0 Å². The van der Waals surface area contributed by atoms with Crippen molar-refractivity contribution in [2.45, 2.75) is 20.8 Å². The molecule has 0 unspecified atom stereocenters. The topological polar surface area (TPSA) is 24.7 Å². The van der Waals surface area contributed by atoms with E-state index in [1.54, 1.807) is 0 Å². The van der Waals surface area contributed by atoms with Gasteiger partial charge in [0.05, 0.1) is 10.7 Å². The SMILES string of the molecule is CC.CC1CN=c2ccccc2=NC1. The number of rotatable bonds is 0. The van der Waals surface area contributed by atoms with Crippen molar-refractivity contribution >= 4 is 0 Å². The van der Waals surface area contributed by atoms with Crippen LogP contribution in [0.15, 0.2) is 34.3 Å². The van der Waals surface area contributed by atoms with Gasteiger partial charge < -0.3 is 0 Å². The van der Waals surface area contributed by atoms with Crippen molar-refractivity contribution in [3.05, 3.63) is 35.0 Å². The van der Waals surface area contributed by atoms with Crippen LogP contribution in [0.4, 0.5) is 0 Å². The van der Waals surface area contributed by atoms with Gasteiger partial charge in [-0.3, -0.25) is 9.98 Å². The molecule has 1 aliphatic rings. The Morgan fingerprint density at radius 2 is 1.43 bits per heavy atom. The first-order valence-electron chi connectivity index (χ1n) is 5.30. The number of hydrogen-bond acceptors (Lipinski definition) is 2. The van der Waals surface area contributed by atoms with Crippen molar-refractivity contribution in [3.63, 3.8) is 0 Å². The minimum Gasteiger partial charge on any atom is -0.283 e. The molecular weight excluding hydrogens is 172 g/mol. The first-order valence-corrected chi connectivity index (χ1v) is 5.30. The molecule has 0 saturated heterocycles. The molecule has 76 valence electrons. The molecule has 1 aromatic carbocycles. The van der Waals surface area contributed by atoms with Gasteiger partial charge in [-0.1, -0.05) is 32.9 Å². The van der Waals surface area contributed by atoms with Crippen LogP contribution in [0.2, 0.25) is 0 Å². The lowest BCUT2D eigenvalue weighted by Gasteiger charge is -1.99. The highest BCUT2D eigenvalue weighted by Gasteiger charge is 2.01. The summed E-state index contributed by atoms with van der Waals surface area (Å²) in [6.07, 6.45) is 0. The summed E-state index contributed by atoms with van der Waals surface area (Å²) < 4.78 is 0. The molecule has 0 atom stereocenters. The lowest BCUT2D eigenvalue weighted by atomic mass is 10.2. The maximum atomic E-state index is 4.47. The fourth-order valence-corrected chi connectivity index (χ4v) is 1.30. The Bertz CT molecular complexity index is 345. The highest BCUT2D eigenvalue weighted by atomic mass is 14.8. The molecule has 0 saturated carbocycles. The smallest absolute Gasteiger partial charge is 0.0826 e. The Morgan fingerprint density at radius 1 is 1.00 bits per heavy atom. The van der Waals surface area contributed by atoms with Crippen molar-refractivity contribution in [2.24, 2.45) is 15.9 Å². The van der Waals surface area contributed by atoms with Gasteiger partial charge in [0.25, 0.3) is 0 Å². The van der Waals surface area contributed by atoms with E-state index in [1.165, 1.54) is 0 Å². The van der Waals surface area contributed by atoms with Crippen LogP contribution in [0.25, 0.3) is 0 Å². The van der Waals surface area contributed by atoms with Crippen molar-refractivity contribution < 1.29 is 0 Å². The lowest BCUT2D eigenvalue weighted by molar-refractivity contribution is 0.609. The summed E-state index contributed by atoms with van der Waals surface area (Å²) in [5.41, 5.74) is 0. The summed E-state index contributed by atoms with van der Waals surface area (Å²) in [4.78, 5) is 8.95. The van der Waals surface area contributed by atoms with E-state index in [2.05, 4.69) is 16.9 Å². The molecule has 2 rings (SSSR count). The molecule has 2 nitrogen and oxygen atoms in total. The van der Waals surface area contributed by atoms with E-state index in [1.807, 2.05) is 38.1 Å². The number of benzene rings is 1. The summed E-state index contributed by atoms with van der Waals surface area (Å²) in [5, 5.41) is 2.09. The van der Waals surface area contributed by atoms with Gasteiger partial charge in [0.2, 0.25) is 0 Å². The maximum Gasteiger partial charge on any atom is 0.0826 e. The van der Waals surface area contributed by atoms with Gasteiger partial charge in [-0.05, 0) is 18.1 Å². The lowest BCUT2D eigenvalue weighted by Crippen LogP contribution is -2.23. The molecule has 0 aromatic heterocycles. The average molecular weight is 190 g/mol. The third-order valence-electron chi connectivity index (χ3n) is 2.03. The van der Waals surface area contributed by atoms with E-state index >= 15 is 0 Å². The third-order valence-corrected chi connectivity index (χ3v) is 2.03. The summed E-state index contributed by atoms with van der Waals surface area (Å²) in [7, 11) is 0. The zero-order valence-electron chi connectivity index (χ0n) is 9.20. The highest BCUT2D eigenvalue weighted by Crippen LogP contribution is 1.95. The quantitative estimate of drug-likeness (QED) is 0.593. The number of hydrogen-bond donors (Lipinski definition) is 0. The van der Waals surface area contributed by atoms with Gasteiger partial charge in [-0.15, -0.1) is 0 Å². The summed E-state index contributed by atoms with van der Waals surface area (Å²) >= 11 is 0. The molecule has 0 bridgehead atoms. The summed E-state index contributed by atoms with van der Waals surface area (Å²) in [6, 6.07) is 8.06. The molecule has 0 spiro atoms.